The smallest absolute Gasteiger partial charge is 0.261 e. The fourth-order valence-electron chi connectivity index (χ4n) is 4.70. The van der Waals surface area contributed by atoms with Crippen molar-refractivity contribution in [3.05, 3.63) is 59.2 Å². The average Bonchev–Trinajstić information content (AvgIpc) is 3.33. The molecule has 0 radical (unpaired) electrons. The Hall–Kier alpha value is -2.87. The molecule has 7 nitrogen and oxygen atoms in total. The molecule has 2 N–H and O–H groups in total. The van der Waals surface area contributed by atoms with Gasteiger partial charge in [0, 0.05) is 23.8 Å². The first-order valence-electron chi connectivity index (χ1n) is 12.1. The Balaban J connectivity index is 1.50. The largest absolute Gasteiger partial charge is 0.352 e. The second-order valence-electron chi connectivity index (χ2n) is 9.30. The second-order valence-corrected chi connectivity index (χ2v) is 11.0. The van der Waals surface area contributed by atoms with Gasteiger partial charge in [0.15, 0.2) is 0 Å². The van der Waals surface area contributed by atoms with Crippen molar-refractivity contribution in [3.8, 4) is 0 Å². The minimum Gasteiger partial charge on any atom is -0.352 e. The van der Waals surface area contributed by atoms with Crippen LogP contribution in [0.2, 0.25) is 0 Å². The van der Waals surface area contributed by atoms with Crippen LogP contribution < -0.4 is 10.0 Å². The van der Waals surface area contributed by atoms with Crippen LogP contribution in [0.1, 0.15) is 67.4 Å². The van der Waals surface area contributed by atoms with Gasteiger partial charge >= 0.3 is 0 Å². The van der Waals surface area contributed by atoms with Gasteiger partial charge in [-0.1, -0.05) is 19.1 Å². The zero-order valence-electron chi connectivity index (χ0n) is 19.8. The molecular formula is C26H33N3O4S. The van der Waals surface area contributed by atoms with Gasteiger partial charge in [0.1, 0.15) is 6.04 Å². The van der Waals surface area contributed by atoms with Gasteiger partial charge < -0.3 is 10.2 Å². The third-order valence-electron chi connectivity index (χ3n) is 6.81. The molecule has 2 aliphatic rings. The van der Waals surface area contributed by atoms with Crippen molar-refractivity contribution >= 4 is 27.5 Å². The number of nitrogens with zero attached hydrogens (tertiary/aromatic N) is 1. The molecule has 182 valence electrons. The molecule has 1 aliphatic heterocycles. The van der Waals surface area contributed by atoms with Crippen LogP contribution in [0, 0.1) is 0 Å². The lowest BCUT2D eigenvalue weighted by atomic mass is 9.92. The number of hydrogen-bond acceptors (Lipinski definition) is 4. The summed E-state index contributed by atoms with van der Waals surface area (Å²) in [7, 11) is -3.79. The maximum atomic E-state index is 13.2. The molecule has 0 aromatic heterocycles. The summed E-state index contributed by atoms with van der Waals surface area (Å²) in [6, 6.07) is 11.3. The van der Waals surface area contributed by atoms with Gasteiger partial charge in [-0.2, -0.15) is 0 Å². The molecule has 0 unspecified atom stereocenters. The number of nitrogens with one attached hydrogen (secondary N) is 2. The van der Waals surface area contributed by atoms with E-state index in [0.717, 1.165) is 44.1 Å². The summed E-state index contributed by atoms with van der Waals surface area (Å²) in [6.45, 7) is 4.44. The molecule has 0 bridgehead atoms. The van der Waals surface area contributed by atoms with E-state index < -0.39 is 16.1 Å². The molecule has 2 aromatic rings. The van der Waals surface area contributed by atoms with Crippen molar-refractivity contribution in [2.45, 2.75) is 75.8 Å². The van der Waals surface area contributed by atoms with Crippen LogP contribution in [0.5, 0.6) is 0 Å². The van der Waals surface area contributed by atoms with E-state index in [1.165, 1.54) is 5.56 Å². The van der Waals surface area contributed by atoms with Gasteiger partial charge in [-0.3, -0.25) is 14.3 Å². The lowest BCUT2D eigenvalue weighted by molar-refractivity contribution is -0.125. The first kappa shape index (κ1) is 24.3. The van der Waals surface area contributed by atoms with Crippen LogP contribution >= 0.6 is 0 Å². The van der Waals surface area contributed by atoms with Gasteiger partial charge in [-0.15, -0.1) is 0 Å². The first-order valence-corrected chi connectivity index (χ1v) is 13.6. The minimum atomic E-state index is -3.79. The summed E-state index contributed by atoms with van der Waals surface area (Å²) in [4.78, 5) is 27.7. The normalized spacial score (nSPS) is 18.8. The number of fused-ring (bicyclic) bond motifs is 1. The van der Waals surface area contributed by atoms with Crippen molar-refractivity contribution in [2.75, 3.05) is 11.3 Å². The summed E-state index contributed by atoms with van der Waals surface area (Å²) in [5.74, 6) is -0.402. The molecule has 4 rings (SSSR count). The van der Waals surface area contributed by atoms with E-state index in [2.05, 4.69) is 10.0 Å². The van der Waals surface area contributed by atoms with E-state index in [0.29, 0.717) is 24.2 Å². The second kappa shape index (κ2) is 10.2. The van der Waals surface area contributed by atoms with Crippen LogP contribution in [-0.2, 0) is 27.7 Å². The number of hydrogen-bond donors (Lipinski definition) is 2. The molecule has 34 heavy (non-hydrogen) atoms. The summed E-state index contributed by atoms with van der Waals surface area (Å²) in [6.07, 6.45) is 6.28. The number of carbonyl (C=O) groups excluding carboxylic acids is 2. The lowest BCUT2D eigenvalue weighted by Gasteiger charge is -2.25. The third-order valence-corrected chi connectivity index (χ3v) is 8.19. The van der Waals surface area contributed by atoms with E-state index in [1.807, 2.05) is 19.9 Å². The zero-order chi connectivity index (χ0) is 24.3. The number of rotatable bonds is 7. The Morgan fingerprint density at radius 3 is 2.59 bits per heavy atom. The predicted molar refractivity (Wildman–Crippen MR) is 132 cm³/mol. The highest BCUT2D eigenvalue weighted by Gasteiger charge is 2.35. The van der Waals surface area contributed by atoms with Crippen molar-refractivity contribution in [2.24, 2.45) is 0 Å². The fourth-order valence-corrected chi connectivity index (χ4v) is 5.80. The zero-order valence-corrected chi connectivity index (χ0v) is 20.7. The predicted octanol–water partition coefficient (Wildman–Crippen LogP) is 3.89. The Bertz CT molecular complexity index is 1180. The highest BCUT2D eigenvalue weighted by atomic mass is 32.2. The summed E-state index contributed by atoms with van der Waals surface area (Å²) in [5, 5.41) is 2.97. The van der Waals surface area contributed by atoms with Crippen molar-refractivity contribution in [1.82, 2.24) is 10.2 Å². The number of sulfonamides is 1. The van der Waals surface area contributed by atoms with Crippen LogP contribution in [0.25, 0.3) is 0 Å². The van der Waals surface area contributed by atoms with Crippen LogP contribution in [0.3, 0.4) is 0 Å². The summed E-state index contributed by atoms with van der Waals surface area (Å²) in [5.41, 5.74) is 2.99. The highest BCUT2D eigenvalue weighted by molar-refractivity contribution is 7.92. The van der Waals surface area contributed by atoms with Crippen LogP contribution in [0.15, 0.2) is 47.4 Å². The summed E-state index contributed by atoms with van der Waals surface area (Å²) < 4.78 is 28.7. The van der Waals surface area contributed by atoms with E-state index >= 15 is 0 Å². The Kier molecular flexibility index (Phi) is 7.26. The molecule has 1 fully saturated rings. The van der Waals surface area contributed by atoms with E-state index in [-0.39, 0.29) is 22.8 Å². The SMILES string of the molecule is CC[C@@H](C)NC(=O)[C@@H]1CCCN1C(=O)c1cccc(NS(=O)(=O)c2ccc3c(c2)CCCC3)c1. The quantitative estimate of drug-likeness (QED) is 0.625. The molecular weight excluding hydrogens is 450 g/mol. The highest BCUT2D eigenvalue weighted by Crippen LogP contribution is 2.26. The monoisotopic (exact) mass is 483 g/mol. The molecule has 1 aliphatic carbocycles. The molecule has 2 atom stereocenters. The maximum Gasteiger partial charge on any atom is 0.261 e. The Morgan fingerprint density at radius 1 is 1.06 bits per heavy atom. The molecule has 1 heterocycles. The number of amides is 2. The van der Waals surface area contributed by atoms with E-state index in [4.69, 9.17) is 0 Å². The first-order chi connectivity index (χ1) is 16.3. The molecule has 1 saturated heterocycles. The van der Waals surface area contributed by atoms with Crippen LogP contribution in [-0.4, -0.2) is 43.8 Å². The molecule has 8 heteroatoms. The number of anilines is 1. The lowest BCUT2D eigenvalue weighted by Crippen LogP contribution is -2.48. The van der Waals surface area contributed by atoms with Crippen molar-refractivity contribution in [1.29, 1.82) is 0 Å². The number of benzene rings is 2. The minimum absolute atomic E-state index is 0.0476. The fraction of sp³-hybridized carbons (Fsp3) is 0.462. The van der Waals surface area contributed by atoms with Gasteiger partial charge in [-0.05, 0) is 93.3 Å². The number of carbonyl (C=O) groups is 2. The molecule has 0 saturated carbocycles. The van der Waals surface area contributed by atoms with Crippen molar-refractivity contribution in [3.63, 3.8) is 0 Å². The summed E-state index contributed by atoms with van der Waals surface area (Å²) >= 11 is 0. The average molecular weight is 484 g/mol. The maximum absolute atomic E-state index is 13.2. The van der Waals surface area contributed by atoms with Gasteiger partial charge in [0.25, 0.3) is 15.9 Å². The Morgan fingerprint density at radius 2 is 1.82 bits per heavy atom. The molecule has 2 aromatic carbocycles. The Labute approximate surface area is 202 Å². The van der Waals surface area contributed by atoms with Gasteiger partial charge in [0.2, 0.25) is 5.91 Å². The van der Waals surface area contributed by atoms with E-state index in [1.54, 1.807) is 41.3 Å². The van der Waals surface area contributed by atoms with Gasteiger partial charge in [0.05, 0.1) is 4.90 Å². The van der Waals surface area contributed by atoms with Crippen molar-refractivity contribution < 1.29 is 18.0 Å². The topological polar surface area (TPSA) is 95.6 Å². The van der Waals surface area contributed by atoms with Gasteiger partial charge in [-0.25, -0.2) is 8.42 Å². The standard InChI is InChI=1S/C26H33N3O4S/c1-3-18(2)27-25(30)24-12-7-15-29(24)26(31)21-10-6-11-22(16-21)28-34(32,33)23-14-13-19-8-4-5-9-20(19)17-23/h6,10-11,13-14,16-18,24,28H,3-5,7-9,12,15H2,1-2H3,(H,27,30)/t18-,24+/m1/s1. The van der Waals surface area contributed by atoms with Crippen LogP contribution in [0.4, 0.5) is 5.69 Å². The number of aryl methyl sites for hydroxylation is 2. The van der Waals surface area contributed by atoms with E-state index in [9.17, 15) is 18.0 Å². The number of likely N-dealkylation sites (tertiary alicyclic amines) is 1. The third kappa shape index (κ3) is 5.27. The molecule has 0 spiro atoms. The molecule has 2 amide bonds.